The first kappa shape index (κ1) is 9.96. The average Bonchev–Trinajstić information content (AvgIpc) is 2.61. The van der Waals surface area contributed by atoms with Crippen molar-refractivity contribution >= 4 is 16.7 Å². The molecule has 0 atom stereocenters. The maximum atomic E-state index is 4.39. The maximum absolute atomic E-state index is 4.39. The molecule has 0 fully saturated rings. The molecule has 0 aliphatic heterocycles. The fourth-order valence-electron chi connectivity index (χ4n) is 1.52. The molecule has 80 valence electrons. The lowest BCUT2D eigenvalue weighted by molar-refractivity contribution is 0.689. The summed E-state index contributed by atoms with van der Waals surface area (Å²) < 4.78 is 0. The van der Waals surface area contributed by atoms with Gasteiger partial charge in [-0.3, -0.25) is 5.10 Å². The third kappa shape index (κ3) is 2.09. The zero-order valence-corrected chi connectivity index (χ0v) is 9.33. The Kier molecular flexibility index (Phi) is 2.58. The molecule has 0 aliphatic rings. The van der Waals surface area contributed by atoms with E-state index >= 15 is 0 Å². The molecule has 2 N–H and O–H groups in total. The average molecular weight is 204 g/mol. The zero-order valence-electron chi connectivity index (χ0n) is 9.33. The summed E-state index contributed by atoms with van der Waals surface area (Å²) in [4.78, 5) is 4.39. The molecule has 0 aliphatic carbocycles. The lowest BCUT2D eigenvalue weighted by atomic mass is 10.2. The van der Waals surface area contributed by atoms with E-state index in [9.17, 15) is 0 Å². The molecule has 2 heterocycles. The molecule has 4 nitrogen and oxygen atoms in total. The van der Waals surface area contributed by atoms with Crippen LogP contribution in [0.1, 0.15) is 19.5 Å². The van der Waals surface area contributed by atoms with Gasteiger partial charge in [0.1, 0.15) is 11.0 Å². The Balaban J connectivity index is 2.35. The van der Waals surface area contributed by atoms with Gasteiger partial charge in [0.15, 0.2) is 0 Å². The van der Waals surface area contributed by atoms with Gasteiger partial charge < -0.3 is 5.32 Å². The van der Waals surface area contributed by atoms with Crippen LogP contribution in [0, 0.1) is 12.8 Å². The van der Waals surface area contributed by atoms with E-state index in [2.05, 4.69) is 34.3 Å². The van der Waals surface area contributed by atoms with Crippen LogP contribution < -0.4 is 5.32 Å². The Hall–Kier alpha value is -1.58. The Morgan fingerprint density at radius 3 is 3.00 bits per heavy atom. The Bertz CT molecular complexity index is 459. The normalized spacial score (nSPS) is 11.2. The van der Waals surface area contributed by atoms with Crippen molar-refractivity contribution in [3.8, 4) is 0 Å². The van der Waals surface area contributed by atoms with Crippen LogP contribution in [0.2, 0.25) is 0 Å². The minimum atomic E-state index is 0.622. The Morgan fingerprint density at radius 1 is 1.47 bits per heavy atom. The number of pyridine rings is 1. The second kappa shape index (κ2) is 3.88. The van der Waals surface area contributed by atoms with Crippen LogP contribution in [0.4, 0.5) is 5.69 Å². The summed E-state index contributed by atoms with van der Waals surface area (Å²) in [6.45, 7) is 7.32. The molecule has 15 heavy (non-hydrogen) atoms. The number of anilines is 1. The van der Waals surface area contributed by atoms with Crippen molar-refractivity contribution in [2.75, 3.05) is 11.9 Å². The number of nitrogens with one attached hydrogen (secondary N) is 2. The number of aromatic amines is 1. The number of H-pyrrole nitrogens is 1. The SMILES string of the molecule is Cc1cc(NCC(C)C)c2[nH]ncc2n1. The zero-order chi connectivity index (χ0) is 10.8. The van der Waals surface area contributed by atoms with E-state index in [1.54, 1.807) is 6.20 Å². The van der Waals surface area contributed by atoms with Crippen molar-refractivity contribution in [1.29, 1.82) is 0 Å². The van der Waals surface area contributed by atoms with Gasteiger partial charge in [0.25, 0.3) is 0 Å². The molecular formula is C11H16N4. The molecule has 0 saturated carbocycles. The summed E-state index contributed by atoms with van der Waals surface area (Å²) in [7, 11) is 0. The Labute approximate surface area is 89.1 Å². The van der Waals surface area contributed by atoms with E-state index < -0.39 is 0 Å². The van der Waals surface area contributed by atoms with Gasteiger partial charge in [0.2, 0.25) is 0 Å². The van der Waals surface area contributed by atoms with E-state index in [1.807, 2.05) is 13.0 Å². The first-order valence-electron chi connectivity index (χ1n) is 5.21. The lowest BCUT2D eigenvalue weighted by Gasteiger charge is -2.10. The second-order valence-corrected chi connectivity index (χ2v) is 4.22. The third-order valence-electron chi connectivity index (χ3n) is 2.24. The number of hydrogen-bond acceptors (Lipinski definition) is 3. The van der Waals surface area contributed by atoms with Crippen LogP contribution in [0.3, 0.4) is 0 Å². The Morgan fingerprint density at radius 2 is 2.27 bits per heavy atom. The quantitative estimate of drug-likeness (QED) is 0.806. The highest BCUT2D eigenvalue weighted by Gasteiger charge is 2.05. The predicted molar refractivity (Wildman–Crippen MR) is 62.0 cm³/mol. The molecule has 2 rings (SSSR count). The number of aryl methyl sites for hydroxylation is 1. The van der Waals surface area contributed by atoms with E-state index in [0.29, 0.717) is 5.92 Å². The molecule has 2 aromatic heterocycles. The molecule has 0 spiro atoms. The summed E-state index contributed by atoms with van der Waals surface area (Å²) in [5.41, 5.74) is 4.00. The lowest BCUT2D eigenvalue weighted by Crippen LogP contribution is -2.08. The van der Waals surface area contributed by atoms with Crippen LogP contribution in [0.5, 0.6) is 0 Å². The van der Waals surface area contributed by atoms with Crippen LogP contribution in [0.15, 0.2) is 12.3 Å². The molecule has 0 amide bonds. The van der Waals surface area contributed by atoms with Gasteiger partial charge >= 0.3 is 0 Å². The smallest absolute Gasteiger partial charge is 0.110 e. The standard InChI is InChI=1S/C11H16N4/c1-7(2)5-12-9-4-8(3)14-10-6-13-15-11(9)10/h4,6-7H,5H2,1-3H3,(H,12,14)(H,13,15). The number of fused-ring (bicyclic) bond motifs is 1. The van der Waals surface area contributed by atoms with Crippen molar-refractivity contribution in [2.24, 2.45) is 5.92 Å². The van der Waals surface area contributed by atoms with Crippen molar-refractivity contribution in [1.82, 2.24) is 15.2 Å². The first-order valence-corrected chi connectivity index (χ1v) is 5.21. The highest BCUT2D eigenvalue weighted by Crippen LogP contribution is 2.20. The molecule has 0 bridgehead atoms. The first-order chi connectivity index (χ1) is 7.16. The summed E-state index contributed by atoms with van der Waals surface area (Å²) in [6.07, 6.45) is 1.75. The number of nitrogens with zero attached hydrogens (tertiary/aromatic N) is 2. The van der Waals surface area contributed by atoms with Gasteiger partial charge in [0, 0.05) is 12.2 Å². The van der Waals surface area contributed by atoms with Gasteiger partial charge in [-0.2, -0.15) is 5.10 Å². The van der Waals surface area contributed by atoms with E-state index in [0.717, 1.165) is 29.0 Å². The van der Waals surface area contributed by atoms with Gasteiger partial charge in [-0.15, -0.1) is 0 Å². The summed E-state index contributed by atoms with van der Waals surface area (Å²) in [5, 5.41) is 10.4. The minimum absolute atomic E-state index is 0.622. The fourth-order valence-corrected chi connectivity index (χ4v) is 1.52. The van der Waals surface area contributed by atoms with Crippen molar-refractivity contribution in [2.45, 2.75) is 20.8 Å². The fraction of sp³-hybridized carbons (Fsp3) is 0.455. The van der Waals surface area contributed by atoms with Crippen molar-refractivity contribution < 1.29 is 0 Å². The monoisotopic (exact) mass is 204 g/mol. The predicted octanol–water partition coefficient (Wildman–Crippen LogP) is 2.33. The van der Waals surface area contributed by atoms with Gasteiger partial charge in [-0.1, -0.05) is 13.8 Å². The van der Waals surface area contributed by atoms with Gasteiger partial charge in [-0.05, 0) is 18.9 Å². The molecular weight excluding hydrogens is 188 g/mol. The highest BCUT2D eigenvalue weighted by atomic mass is 15.1. The van der Waals surface area contributed by atoms with Crippen LogP contribution in [0.25, 0.3) is 11.0 Å². The van der Waals surface area contributed by atoms with Gasteiger partial charge in [0.05, 0.1) is 11.9 Å². The second-order valence-electron chi connectivity index (χ2n) is 4.22. The van der Waals surface area contributed by atoms with Crippen LogP contribution in [-0.2, 0) is 0 Å². The topological polar surface area (TPSA) is 53.6 Å². The number of hydrogen-bond donors (Lipinski definition) is 2. The maximum Gasteiger partial charge on any atom is 0.110 e. The summed E-state index contributed by atoms with van der Waals surface area (Å²) in [5.74, 6) is 0.622. The summed E-state index contributed by atoms with van der Waals surface area (Å²) >= 11 is 0. The van der Waals surface area contributed by atoms with E-state index in [4.69, 9.17) is 0 Å². The summed E-state index contributed by atoms with van der Waals surface area (Å²) in [6, 6.07) is 2.04. The van der Waals surface area contributed by atoms with Crippen molar-refractivity contribution in [3.63, 3.8) is 0 Å². The van der Waals surface area contributed by atoms with Crippen LogP contribution in [-0.4, -0.2) is 21.7 Å². The minimum Gasteiger partial charge on any atom is -0.383 e. The van der Waals surface area contributed by atoms with Crippen molar-refractivity contribution in [3.05, 3.63) is 18.0 Å². The molecule has 0 aromatic carbocycles. The van der Waals surface area contributed by atoms with Gasteiger partial charge in [-0.25, -0.2) is 4.98 Å². The number of aromatic nitrogens is 3. The highest BCUT2D eigenvalue weighted by molar-refractivity contribution is 5.87. The molecule has 4 heteroatoms. The van der Waals surface area contributed by atoms with E-state index in [-0.39, 0.29) is 0 Å². The van der Waals surface area contributed by atoms with Crippen LogP contribution >= 0.6 is 0 Å². The molecule has 2 aromatic rings. The number of rotatable bonds is 3. The third-order valence-corrected chi connectivity index (χ3v) is 2.24. The molecule has 0 unspecified atom stereocenters. The largest absolute Gasteiger partial charge is 0.383 e. The molecule has 0 saturated heterocycles. The van der Waals surface area contributed by atoms with E-state index in [1.165, 1.54) is 0 Å². The molecule has 0 radical (unpaired) electrons.